The summed E-state index contributed by atoms with van der Waals surface area (Å²) in [6.07, 6.45) is -1.21. The van der Waals surface area contributed by atoms with E-state index in [2.05, 4.69) is 10.6 Å². The minimum Gasteiger partial charge on any atom is -0.461 e. The third-order valence-electron chi connectivity index (χ3n) is 4.89. The van der Waals surface area contributed by atoms with Gasteiger partial charge < -0.3 is 20.1 Å². The van der Waals surface area contributed by atoms with Crippen molar-refractivity contribution in [3.63, 3.8) is 0 Å². The maximum Gasteiger partial charge on any atom is 0.408 e. The summed E-state index contributed by atoms with van der Waals surface area (Å²) in [6.45, 7) is 1.88. The van der Waals surface area contributed by atoms with Gasteiger partial charge in [-0.25, -0.2) is 4.79 Å². The molecular weight excluding hydrogens is 456 g/mol. The summed E-state index contributed by atoms with van der Waals surface area (Å²) in [4.78, 5) is 37.8. The first-order valence-electron chi connectivity index (χ1n) is 10.6. The highest BCUT2D eigenvalue weighted by Crippen LogP contribution is 2.20. The Bertz CT molecular complexity index is 1070. The summed E-state index contributed by atoms with van der Waals surface area (Å²) in [6, 6.07) is 22.1. The van der Waals surface area contributed by atoms with Crippen LogP contribution >= 0.6 is 11.6 Å². The summed E-state index contributed by atoms with van der Waals surface area (Å²) in [7, 11) is 0. The topological polar surface area (TPSA) is 93.7 Å². The highest BCUT2D eigenvalue weighted by atomic mass is 35.5. The molecule has 1 atom stereocenters. The summed E-state index contributed by atoms with van der Waals surface area (Å²) >= 11 is 6.03. The molecule has 34 heavy (non-hydrogen) atoms. The van der Waals surface area contributed by atoms with Gasteiger partial charge in [0, 0.05) is 10.7 Å². The van der Waals surface area contributed by atoms with E-state index in [1.807, 2.05) is 48.5 Å². The molecule has 0 saturated heterocycles. The number of hydrogen-bond donors (Lipinski definition) is 2. The smallest absolute Gasteiger partial charge is 0.408 e. The molecule has 8 heteroatoms. The molecule has 0 spiro atoms. The van der Waals surface area contributed by atoms with Crippen LogP contribution in [0.4, 0.5) is 10.5 Å². The van der Waals surface area contributed by atoms with Gasteiger partial charge in [0.1, 0.15) is 19.3 Å². The molecule has 7 nitrogen and oxygen atoms in total. The average Bonchev–Trinajstić information content (AvgIpc) is 2.84. The van der Waals surface area contributed by atoms with Gasteiger partial charge in [-0.15, -0.1) is 0 Å². The van der Waals surface area contributed by atoms with Gasteiger partial charge in [-0.05, 0) is 35.7 Å². The number of benzene rings is 3. The van der Waals surface area contributed by atoms with E-state index >= 15 is 0 Å². The van der Waals surface area contributed by atoms with Gasteiger partial charge in [0.15, 0.2) is 0 Å². The van der Waals surface area contributed by atoms with E-state index in [0.29, 0.717) is 10.7 Å². The number of alkyl carbamates (subject to hydrolysis) is 1. The zero-order valence-electron chi connectivity index (χ0n) is 18.6. The number of anilines is 1. The number of rotatable bonds is 9. The van der Waals surface area contributed by atoms with Crippen LogP contribution in [0, 0.1) is 6.92 Å². The highest BCUT2D eigenvalue weighted by molar-refractivity contribution is 6.31. The predicted molar refractivity (Wildman–Crippen MR) is 129 cm³/mol. The van der Waals surface area contributed by atoms with E-state index in [4.69, 9.17) is 21.1 Å². The number of hydrogen-bond acceptors (Lipinski definition) is 5. The summed E-state index contributed by atoms with van der Waals surface area (Å²) in [5.74, 6) is -1.24. The second kappa shape index (κ2) is 12.4. The van der Waals surface area contributed by atoms with E-state index in [9.17, 15) is 14.4 Å². The van der Waals surface area contributed by atoms with Crippen LogP contribution in [0.5, 0.6) is 0 Å². The fourth-order valence-corrected chi connectivity index (χ4v) is 3.20. The molecule has 2 amide bonds. The first-order valence-corrected chi connectivity index (χ1v) is 11.0. The van der Waals surface area contributed by atoms with Crippen molar-refractivity contribution in [2.75, 3.05) is 5.32 Å². The second-order valence-electron chi connectivity index (χ2n) is 7.56. The summed E-state index contributed by atoms with van der Waals surface area (Å²) < 4.78 is 10.5. The number of carbonyl (C=O) groups is 3. The average molecular weight is 481 g/mol. The fraction of sp³-hybridized carbons (Fsp3) is 0.192. The van der Waals surface area contributed by atoms with E-state index in [-0.39, 0.29) is 19.6 Å². The first-order chi connectivity index (χ1) is 16.4. The van der Waals surface area contributed by atoms with Crippen molar-refractivity contribution in [3.8, 4) is 0 Å². The maximum absolute atomic E-state index is 13.0. The maximum atomic E-state index is 13.0. The Hall–Kier alpha value is -3.84. The van der Waals surface area contributed by atoms with Gasteiger partial charge in [0.05, 0.1) is 6.42 Å². The number of aryl methyl sites for hydroxylation is 1. The number of amides is 2. The molecule has 0 bridgehead atoms. The van der Waals surface area contributed by atoms with Crippen LogP contribution in [0.2, 0.25) is 5.02 Å². The highest BCUT2D eigenvalue weighted by Gasteiger charge is 2.26. The van der Waals surface area contributed by atoms with Gasteiger partial charge in [0.25, 0.3) is 0 Å². The molecule has 0 saturated carbocycles. The molecule has 3 rings (SSSR count). The Balaban J connectivity index is 1.65. The van der Waals surface area contributed by atoms with Gasteiger partial charge in [0.2, 0.25) is 5.91 Å². The Kier molecular flexibility index (Phi) is 9.05. The van der Waals surface area contributed by atoms with E-state index in [1.165, 1.54) is 0 Å². The lowest BCUT2D eigenvalue weighted by atomic mass is 10.1. The number of esters is 1. The van der Waals surface area contributed by atoms with Crippen LogP contribution in [0.15, 0.2) is 78.9 Å². The standard InChI is InChI=1S/C26H25ClN2O5/c1-18-12-13-21(27)14-22(18)28-25(31)23(15-24(30)33-16-19-8-4-2-5-9-19)29-26(32)34-17-20-10-6-3-7-11-20/h2-14,23H,15-17H2,1H3,(H,28,31)(H,29,32)/t23-/m1/s1. The van der Waals surface area contributed by atoms with Crippen LogP contribution in [0.1, 0.15) is 23.1 Å². The molecule has 3 aromatic rings. The van der Waals surface area contributed by atoms with Crippen LogP contribution in [0.25, 0.3) is 0 Å². The minimum absolute atomic E-state index is 0.0207. The quantitative estimate of drug-likeness (QED) is 0.419. The second-order valence-corrected chi connectivity index (χ2v) is 7.99. The number of carbonyl (C=O) groups excluding carboxylic acids is 3. The first kappa shape index (κ1) is 24.8. The summed E-state index contributed by atoms with van der Waals surface area (Å²) in [5, 5.41) is 5.61. The SMILES string of the molecule is Cc1ccc(Cl)cc1NC(=O)[C@@H](CC(=O)OCc1ccccc1)NC(=O)OCc1ccccc1. The number of halogens is 1. The Morgan fingerprint density at radius 3 is 2.06 bits per heavy atom. The van der Waals surface area contributed by atoms with Gasteiger partial charge in [-0.1, -0.05) is 78.3 Å². The van der Waals surface area contributed by atoms with E-state index in [1.54, 1.807) is 37.3 Å². The van der Waals surface area contributed by atoms with Gasteiger partial charge >= 0.3 is 12.1 Å². The van der Waals surface area contributed by atoms with Crippen molar-refractivity contribution < 1.29 is 23.9 Å². The molecular formula is C26H25ClN2O5. The molecule has 176 valence electrons. The van der Waals surface area contributed by atoms with Crippen molar-refractivity contribution in [3.05, 3.63) is 101 Å². The molecule has 0 radical (unpaired) electrons. The third kappa shape index (κ3) is 7.94. The van der Waals surface area contributed by atoms with Gasteiger partial charge in [-0.3, -0.25) is 9.59 Å². The lowest BCUT2D eigenvalue weighted by Gasteiger charge is -2.19. The van der Waals surface area contributed by atoms with E-state index in [0.717, 1.165) is 16.7 Å². The largest absolute Gasteiger partial charge is 0.461 e. The normalized spacial score (nSPS) is 11.2. The molecule has 2 N–H and O–H groups in total. The monoisotopic (exact) mass is 480 g/mol. The lowest BCUT2D eigenvalue weighted by Crippen LogP contribution is -2.45. The molecule has 0 aliphatic rings. The lowest BCUT2D eigenvalue weighted by molar-refractivity contribution is -0.146. The zero-order chi connectivity index (χ0) is 24.3. The molecule has 0 fully saturated rings. The molecule has 0 heterocycles. The summed E-state index contributed by atoms with van der Waals surface area (Å²) in [5.41, 5.74) is 2.84. The Morgan fingerprint density at radius 2 is 1.44 bits per heavy atom. The zero-order valence-corrected chi connectivity index (χ0v) is 19.4. The predicted octanol–water partition coefficient (Wildman–Crippen LogP) is 5.02. The van der Waals surface area contributed by atoms with Crippen LogP contribution in [-0.4, -0.2) is 24.0 Å². The van der Waals surface area contributed by atoms with Crippen molar-refractivity contribution in [2.45, 2.75) is 32.6 Å². The molecule has 0 aliphatic carbocycles. The van der Waals surface area contributed by atoms with Crippen molar-refractivity contribution in [1.29, 1.82) is 0 Å². The van der Waals surface area contributed by atoms with Crippen LogP contribution in [-0.2, 0) is 32.3 Å². The molecule has 0 aromatic heterocycles. The van der Waals surface area contributed by atoms with Crippen molar-refractivity contribution in [1.82, 2.24) is 5.32 Å². The van der Waals surface area contributed by atoms with Crippen LogP contribution in [0.3, 0.4) is 0 Å². The Labute approximate surface area is 203 Å². The van der Waals surface area contributed by atoms with Crippen LogP contribution < -0.4 is 10.6 Å². The Morgan fingerprint density at radius 1 is 0.853 bits per heavy atom. The minimum atomic E-state index is -1.22. The number of ether oxygens (including phenoxy) is 2. The van der Waals surface area contributed by atoms with E-state index < -0.39 is 24.0 Å². The fourth-order valence-electron chi connectivity index (χ4n) is 3.03. The third-order valence-corrected chi connectivity index (χ3v) is 5.13. The molecule has 0 unspecified atom stereocenters. The van der Waals surface area contributed by atoms with Crippen molar-refractivity contribution in [2.24, 2.45) is 0 Å². The molecule has 3 aromatic carbocycles. The van der Waals surface area contributed by atoms with Crippen molar-refractivity contribution >= 4 is 35.3 Å². The van der Waals surface area contributed by atoms with Gasteiger partial charge in [-0.2, -0.15) is 0 Å². The number of nitrogens with one attached hydrogen (secondary N) is 2. The molecule has 0 aliphatic heterocycles.